The fourth-order valence-corrected chi connectivity index (χ4v) is 1.56. The van der Waals surface area contributed by atoms with Gasteiger partial charge < -0.3 is 20.1 Å². The summed E-state index contributed by atoms with van der Waals surface area (Å²) in [6, 6.07) is 3.30. The number of hydrogen-bond acceptors (Lipinski definition) is 4. The van der Waals surface area contributed by atoms with Gasteiger partial charge in [-0.05, 0) is 19.1 Å². The van der Waals surface area contributed by atoms with E-state index < -0.39 is 18.6 Å². The Hall–Kier alpha value is -2.38. The average molecular weight is 302 g/mol. The second-order valence-electron chi connectivity index (χ2n) is 4.16. The first-order valence-corrected chi connectivity index (χ1v) is 6.04. The topological polar surface area (TPSA) is 76.7 Å². The van der Waals surface area contributed by atoms with Gasteiger partial charge >= 0.3 is 6.61 Å². The molecule has 0 aliphatic carbocycles. The normalized spacial score (nSPS) is 11.7. The SMILES string of the molecule is COc1ccc(NC(=O)C(C)NC(C)=O)cc1OC(F)F. The van der Waals surface area contributed by atoms with E-state index in [1.807, 2.05) is 0 Å². The van der Waals surface area contributed by atoms with Gasteiger partial charge in [0.25, 0.3) is 0 Å². The van der Waals surface area contributed by atoms with Crippen molar-refractivity contribution in [3.8, 4) is 11.5 Å². The highest BCUT2D eigenvalue weighted by Gasteiger charge is 2.16. The van der Waals surface area contributed by atoms with Crippen LogP contribution in [0, 0.1) is 0 Å². The standard InChI is InChI=1S/C13H16F2N2O4/c1-7(16-8(2)18)12(19)17-9-4-5-10(20-3)11(6-9)21-13(14)15/h4-7,13H,1-3H3,(H,16,18)(H,17,19). The van der Waals surface area contributed by atoms with E-state index in [4.69, 9.17) is 4.74 Å². The molecular weight excluding hydrogens is 286 g/mol. The van der Waals surface area contributed by atoms with E-state index >= 15 is 0 Å². The van der Waals surface area contributed by atoms with Crippen LogP contribution in [0.1, 0.15) is 13.8 Å². The van der Waals surface area contributed by atoms with Crippen molar-refractivity contribution < 1.29 is 27.8 Å². The van der Waals surface area contributed by atoms with Gasteiger partial charge in [0.05, 0.1) is 7.11 Å². The van der Waals surface area contributed by atoms with Crippen LogP contribution in [0.25, 0.3) is 0 Å². The third-order valence-corrected chi connectivity index (χ3v) is 2.46. The van der Waals surface area contributed by atoms with Crippen LogP contribution in [0.5, 0.6) is 11.5 Å². The molecule has 1 aromatic rings. The van der Waals surface area contributed by atoms with Crippen molar-refractivity contribution in [2.75, 3.05) is 12.4 Å². The minimum atomic E-state index is -3.01. The quantitative estimate of drug-likeness (QED) is 0.839. The zero-order chi connectivity index (χ0) is 16.0. The van der Waals surface area contributed by atoms with Gasteiger partial charge in [-0.3, -0.25) is 9.59 Å². The molecule has 1 unspecified atom stereocenters. The molecule has 6 nitrogen and oxygen atoms in total. The average Bonchev–Trinajstić information content (AvgIpc) is 2.37. The molecule has 0 saturated carbocycles. The van der Waals surface area contributed by atoms with Crippen LogP contribution < -0.4 is 20.1 Å². The van der Waals surface area contributed by atoms with Gasteiger partial charge in [0.15, 0.2) is 11.5 Å². The van der Waals surface area contributed by atoms with E-state index in [1.54, 1.807) is 0 Å². The van der Waals surface area contributed by atoms with E-state index in [1.165, 1.54) is 39.2 Å². The number of carbonyl (C=O) groups is 2. The molecule has 0 heterocycles. The number of benzene rings is 1. The number of alkyl halides is 2. The molecule has 2 amide bonds. The zero-order valence-corrected chi connectivity index (χ0v) is 11.8. The lowest BCUT2D eigenvalue weighted by Crippen LogP contribution is -2.40. The minimum Gasteiger partial charge on any atom is -0.493 e. The summed E-state index contributed by atoms with van der Waals surface area (Å²) in [5.74, 6) is -0.923. The number of hydrogen-bond donors (Lipinski definition) is 2. The highest BCUT2D eigenvalue weighted by molar-refractivity contribution is 5.96. The van der Waals surface area contributed by atoms with Crippen LogP contribution in [-0.4, -0.2) is 31.6 Å². The van der Waals surface area contributed by atoms with E-state index in [2.05, 4.69) is 15.4 Å². The van der Waals surface area contributed by atoms with Crippen LogP contribution in [0.3, 0.4) is 0 Å². The van der Waals surface area contributed by atoms with E-state index in [9.17, 15) is 18.4 Å². The first-order valence-electron chi connectivity index (χ1n) is 6.04. The third-order valence-electron chi connectivity index (χ3n) is 2.46. The lowest BCUT2D eigenvalue weighted by molar-refractivity contribution is -0.124. The van der Waals surface area contributed by atoms with Gasteiger partial charge in [-0.15, -0.1) is 0 Å². The molecule has 1 atom stereocenters. The lowest BCUT2D eigenvalue weighted by atomic mass is 10.2. The maximum absolute atomic E-state index is 12.3. The monoisotopic (exact) mass is 302 g/mol. The Bertz CT molecular complexity index is 523. The molecule has 0 spiro atoms. The number of methoxy groups -OCH3 is 1. The Labute approximate surface area is 120 Å². The number of carbonyl (C=O) groups excluding carboxylic acids is 2. The van der Waals surface area contributed by atoms with Crippen molar-refractivity contribution in [1.29, 1.82) is 0 Å². The molecule has 0 aliphatic rings. The molecule has 8 heteroatoms. The number of nitrogens with one attached hydrogen (secondary N) is 2. The van der Waals surface area contributed by atoms with Crippen LogP contribution >= 0.6 is 0 Å². The van der Waals surface area contributed by atoms with Crippen LogP contribution in [0.15, 0.2) is 18.2 Å². The Morgan fingerprint density at radius 1 is 1.24 bits per heavy atom. The highest BCUT2D eigenvalue weighted by Crippen LogP contribution is 2.31. The van der Waals surface area contributed by atoms with Gasteiger partial charge in [-0.2, -0.15) is 8.78 Å². The van der Waals surface area contributed by atoms with Gasteiger partial charge in [0.1, 0.15) is 6.04 Å². The molecular formula is C13H16F2N2O4. The van der Waals surface area contributed by atoms with Crippen molar-refractivity contribution in [3.63, 3.8) is 0 Å². The predicted molar refractivity (Wildman–Crippen MR) is 71.5 cm³/mol. The van der Waals surface area contributed by atoms with Crippen LogP contribution in [0.2, 0.25) is 0 Å². The molecule has 0 radical (unpaired) electrons. The van der Waals surface area contributed by atoms with E-state index in [-0.39, 0.29) is 23.1 Å². The molecule has 0 aromatic heterocycles. The van der Waals surface area contributed by atoms with E-state index in [0.717, 1.165) is 0 Å². The smallest absolute Gasteiger partial charge is 0.387 e. The molecule has 2 N–H and O–H groups in total. The summed E-state index contributed by atoms with van der Waals surface area (Å²) in [5, 5.41) is 4.88. The fourth-order valence-electron chi connectivity index (χ4n) is 1.56. The summed E-state index contributed by atoms with van der Waals surface area (Å²) in [7, 11) is 1.31. The molecule has 0 aliphatic heterocycles. The summed E-state index contributed by atoms with van der Waals surface area (Å²) in [5.41, 5.74) is 0.244. The van der Waals surface area contributed by atoms with Gasteiger partial charge in [-0.1, -0.05) is 0 Å². The Balaban J connectivity index is 2.84. The Morgan fingerprint density at radius 2 is 1.90 bits per heavy atom. The second kappa shape index (κ2) is 7.41. The predicted octanol–water partition coefficient (Wildman–Crippen LogP) is 1.76. The number of rotatable bonds is 6. The highest BCUT2D eigenvalue weighted by atomic mass is 19.3. The molecule has 21 heavy (non-hydrogen) atoms. The van der Waals surface area contributed by atoms with Crippen molar-refractivity contribution in [1.82, 2.24) is 5.32 Å². The molecule has 0 saturated heterocycles. The van der Waals surface area contributed by atoms with Crippen LogP contribution in [0.4, 0.5) is 14.5 Å². The minimum absolute atomic E-state index is 0.114. The number of amides is 2. The summed E-state index contributed by atoms with van der Waals surface area (Å²) in [6.07, 6.45) is 0. The van der Waals surface area contributed by atoms with Crippen molar-refractivity contribution in [3.05, 3.63) is 18.2 Å². The first kappa shape index (κ1) is 16.7. The van der Waals surface area contributed by atoms with Crippen molar-refractivity contribution in [2.45, 2.75) is 26.5 Å². The summed E-state index contributed by atoms with van der Waals surface area (Å²) < 4.78 is 33.8. The summed E-state index contributed by atoms with van der Waals surface area (Å²) in [6.45, 7) is -0.231. The maximum atomic E-state index is 12.3. The zero-order valence-electron chi connectivity index (χ0n) is 11.8. The Kier molecular flexibility index (Phi) is 5.89. The molecule has 1 aromatic carbocycles. The first-order chi connectivity index (χ1) is 9.83. The van der Waals surface area contributed by atoms with Gasteiger partial charge in [0, 0.05) is 18.7 Å². The molecule has 116 valence electrons. The molecule has 0 fully saturated rings. The largest absolute Gasteiger partial charge is 0.493 e. The van der Waals surface area contributed by atoms with E-state index in [0.29, 0.717) is 0 Å². The summed E-state index contributed by atoms with van der Waals surface area (Å²) in [4.78, 5) is 22.6. The number of anilines is 1. The van der Waals surface area contributed by atoms with Gasteiger partial charge in [0.2, 0.25) is 11.8 Å². The fraction of sp³-hybridized carbons (Fsp3) is 0.385. The third kappa shape index (κ3) is 5.25. The Morgan fingerprint density at radius 3 is 2.43 bits per heavy atom. The number of halogens is 2. The second-order valence-corrected chi connectivity index (χ2v) is 4.16. The maximum Gasteiger partial charge on any atom is 0.387 e. The van der Waals surface area contributed by atoms with Crippen molar-refractivity contribution >= 4 is 17.5 Å². The lowest BCUT2D eigenvalue weighted by Gasteiger charge is -2.15. The number of ether oxygens (including phenoxy) is 2. The molecule has 0 bridgehead atoms. The van der Waals surface area contributed by atoms with Crippen molar-refractivity contribution in [2.24, 2.45) is 0 Å². The van der Waals surface area contributed by atoms with Crippen LogP contribution in [-0.2, 0) is 9.59 Å². The van der Waals surface area contributed by atoms with Gasteiger partial charge in [-0.25, -0.2) is 0 Å². The summed E-state index contributed by atoms with van der Waals surface area (Å²) >= 11 is 0. The molecule has 1 rings (SSSR count).